The van der Waals surface area contributed by atoms with Crippen molar-refractivity contribution in [3.63, 3.8) is 0 Å². The molecule has 4 heterocycles. The van der Waals surface area contributed by atoms with Crippen molar-refractivity contribution >= 4 is 33.8 Å². The Hall–Kier alpha value is -2.90. The molecule has 0 saturated carbocycles. The number of H-pyrrole nitrogens is 2. The molecule has 0 aliphatic carbocycles. The van der Waals surface area contributed by atoms with Gasteiger partial charge in [0.1, 0.15) is 5.65 Å². The number of nitrogens with zero attached hydrogens (tertiary/aromatic N) is 3. The SMILES string of the molecule is CC(=O)C(=O)N1CCC(C)C(n2c(=O)[nH]c3cnc4[nH]ccc4c32)C1.CCCCCCCC. The molecule has 0 radical (unpaired) electrons. The minimum atomic E-state index is -0.488. The van der Waals surface area contributed by atoms with Crippen LogP contribution in [0.15, 0.2) is 23.3 Å². The summed E-state index contributed by atoms with van der Waals surface area (Å²) in [5.74, 6) is -0.759. The van der Waals surface area contributed by atoms with Gasteiger partial charge < -0.3 is 14.9 Å². The maximum absolute atomic E-state index is 12.7. The number of likely N-dealkylation sites (tertiary alicyclic amines) is 1. The van der Waals surface area contributed by atoms with Gasteiger partial charge in [-0.05, 0) is 18.4 Å². The molecule has 1 fully saturated rings. The minimum absolute atomic E-state index is 0.196. The fourth-order valence-corrected chi connectivity index (χ4v) is 4.58. The predicted molar refractivity (Wildman–Crippen MR) is 131 cm³/mol. The number of aromatic amines is 2. The number of ketones is 1. The maximum Gasteiger partial charge on any atom is 0.326 e. The van der Waals surface area contributed by atoms with E-state index < -0.39 is 11.7 Å². The summed E-state index contributed by atoms with van der Waals surface area (Å²) in [6.45, 7) is 8.75. The number of carbonyl (C=O) groups is 2. The average Bonchev–Trinajstić information content (AvgIpc) is 3.40. The molecule has 2 atom stereocenters. The minimum Gasteiger partial charge on any atom is -0.346 e. The van der Waals surface area contributed by atoms with Crippen LogP contribution in [0.2, 0.25) is 0 Å². The van der Waals surface area contributed by atoms with Crippen LogP contribution in [0.1, 0.15) is 78.7 Å². The Balaban J connectivity index is 0.000000331. The Morgan fingerprint density at radius 1 is 1.15 bits per heavy atom. The third kappa shape index (κ3) is 5.54. The van der Waals surface area contributed by atoms with Crippen molar-refractivity contribution in [3.05, 3.63) is 28.9 Å². The van der Waals surface area contributed by atoms with Gasteiger partial charge in [0.25, 0.3) is 5.91 Å². The topological polar surface area (TPSA) is 104 Å². The molecule has 4 rings (SSSR count). The number of imidazole rings is 1. The lowest BCUT2D eigenvalue weighted by Gasteiger charge is -2.37. The highest BCUT2D eigenvalue weighted by atomic mass is 16.2. The summed E-state index contributed by atoms with van der Waals surface area (Å²) in [5, 5.41) is 0.859. The van der Waals surface area contributed by atoms with Crippen LogP contribution < -0.4 is 5.69 Å². The molecular formula is C25H37N5O3. The maximum atomic E-state index is 12.7. The highest BCUT2D eigenvalue weighted by Crippen LogP contribution is 2.31. The molecule has 3 aromatic heterocycles. The molecule has 1 aliphatic rings. The number of hydrogen-bond donors (Lipinski definition) is 2. The van der Waals surface area contributed by atoms with Crippen LogP contribution >= 0.6 is 0 Å². The molecule has 180 valence electrons. The van der Waals surface area contributed by atoms with E-state index in [0.29, 0.717) is 24.3 Å². The Morgan fingerprint density at radius 2 is 1.85 bits per heavy atom. The van der Waals surface area contributed by atoms with Gasteiger partial charge in [-0.2, -0.15) is 0 Å². The van der Waals surface area contributed by atoms with Crippen molar-refractivity contribution in [3.8, 4) is 0 Å². The van der Waals surface area contributed by atoms with E-state index in [-0.39, 0.29) is 17.6 Å². The molecule has 0 aromatic carbocycles. The molecule has 1 amide bonds. The van der Waals surface area contributed by atoms with Gasteiger partial charge in [0.05, 0.1) is 23.3 Å². The van der Waals surface area contributed by atoms with Crippen molar-refractivity contribution in [2.75, 3.05) is 13.1 Å². The van der Waals surface area contributed by atoms with Crippen LogP contribution in [0.3, 0.4) is 0 Å². The van der Waals surface area contributed by atoms with E-state index in [9.17, 15) is 14.4 Å². The van der Waals surface area contributed by atoms with Crippen LogP contribution in [-0.4, -0.2) is 49.2 Å². The molecule has 8 nitrogen and oxygen atoms in total. The van der Waals surface area contributed by atoms with E-state index in [0.717, 1.165) is 17.3 Å². The zero-order chi connectivity index (χ0) is 24.0. The molecule has 1 aliphatic heterocycles. The zero-order valence-corrected chi connectivity index (χ0v) is 20.3. The standard InChI is InChI=1S/C17H19N5O3.C8H18/c1-9-4-6-21(16(24)10(2)23)8-13(9)22-14-11-3-5-18-15(11)19-7-12(14)20-17(22)25;1-3-5-7-8-6-4-2/h3,5,7,9,13H,4,6,8H2,1-2H3,(H,18,19)(H,20,25);3-8H2,1-2H3. The summed E-state index contributed by atoms with van der Waals surface area (Å²) in [4.78, 5) is 48.0. The fourth-order valence-electron chi connectivity index (χ4n) is 4.58. The third-order valence-electron chi connectivity index (χ3n) is 6.56. The first-order valence-electron chi connectivity index (χ1n) is 12.2. The number of amides is 1. The summed E-state index contributed by atoms with van der Waals surface area (Å²) in [6, 6.07) is 1.69. The van der Waals surface area contributed by atoms with Gasteiger partial charge >= 0.3 is 5.69 Å². The molecule has 33 heavy (non-hydrogen) atoms. The van der Waals surface area contributed by atoms with Gasteiger partial charge in [-0.25, -0.2) is 9.78 Å². The molecule has 2 unspecified atom stereocenters. The first-order chi connectivity index (χ1) is 15.9. The Bertz CT molecular complexity index is 1140. The molecule has 0 bridgehead atoms. The second-order valence-electron chi connectivity index (χ2n) is 9.12. The van der Waals surface area contributed by atoms with Gasteiger partial charge in [-0.1, -0.05) is 59.3 Å². The van der Waals surface area contributed by atoms with Gasteiger partial charge in [0.15, 0.2) is 0 Å². The van der Waals surface area contributed by atoms with E-state index in [1.807, 2.05) is 6.07 Å². The van der Waals surface area contributed by atoms with Gasteiger partial charge in [0, 0.05) is 31.6 Å². The van der Waals surface area contributed by atoms with Crippen LogP contribution in [0, 0.1) is 5.92 Å². The summed E-state index contributed by atoms with van der Waals surface area (Å²) in [5.41, 5.74) is 1.93. The number of nitrogens with one attached hydrogen (secondary N) is 2. The Morgan fingerprint density at radius 3 is 2.48 bits per heavy atom. The molecule has 1 saturated heterocycles. The van der Waals surface area contributed by atoms with Gasteiger partial charge in [-0.15, -0.1) is 0 Å². The number of Topliss-reactive ketones (excluding diaryl/α,β-unsaturated/α-hetero) is 1. The van der Waals surface area contributed by atoms with Crippen LogP contribution in [0.25, 0.3) is 22.1 Å². The number of hydrogen-bond acceptors (Lipinski definition) is 4. The van der Waals surface area contributed by atoms with Gasteiger partial charge in [-0.3, -0.25) is 14.2 Å². The zero-order valence-electron chi connectivity index (χ0n) is 20.3. The van der Waals surface area contributed by atoms with Crippen molar-refractivity contribution in [1.29, 1.82) is 0 Å². The first kappa shape index (κ1) is 24.7. The second kappa shape index (κ2) is 11.3. The van der Waals surface area contributed by atoms with E-state index in [1.165, 1.54) is 45.4 Å². The van der Waals surface area contributed by atoms with E-state index in [1.54, 1.807) is 21.9 Å². The van der Waals surface area contributed by atoms with Crippen LogP contribution in [0.4, 0.5) is 0 Å². The van der Waals surface area contributed by atoms with E-state index >= 15 is 0 Å². The Kier molecular flexibility index (Phi) is 8.47. The fraction of sp³-hybridized carbons (Fsp3) is 0.600. The molecular weight excluding hydrogens is 418 g/mol. The smallest absolute Gasteiger partial charge is 0.326 e. The third-order valence-corrected chi connectivity index (χ3v) is 6.56. The molecule has 3 aromatic rings. The predicted octanol–water partition coefficient (Wildman–Crippen LogP) is 4.57. The summed E-state index contributed by atoms with van der Waals surface area (Å²) in [6.07, 6.45) is 12.7. The normalized spacial score (nSPS) is 18.4. The highest BCUT2D eigenvalue weighted by Gasteiger charge is 2.33. The van der Waals surface area contributed by atoms with Crippen molar-refractivity contribution in [1.82, 2.24) is 24.4 Å². The van der Waals surface area contributed by atoms with Crippen molar-refractivity contribution in [2.24, 2.45) is 5.92 Å². The number of pyridine rings is 1. The van der Waals surface area contributed by atoms with Crippen LogP contribution in [0.5, 0.6) is 0 Å². The molecule has 2 N–H and O–H groups in total. The van der Waals surface area contributed by atoms with Crippen LogP contribution in [-0.2, 0) is 9.59 Å². The van der Waals surface area contributed by atoms with E-state index in [2.05, 4.69) is 35.7 Å². The lowest BCUT2D eigenvalue weighted by Crippen LogP contribution is -2.47. The number of carbonyl (C=O) groups excluding carboxylic acids is 2. The highest BCUT2D eigenvalue weighted by molar-refractivity contribution is 6.35. The summed E-state index contributed by atoms with van der Waals surface area (Å²) in [7, 11) is 0. The lowest BCUT2D eigenvalue weighted by atomic mass is 9.92. The number of piperidine rings is 1. The summed E-state index contributed by atoms with van der Waals surface area (Å²) >= 11 is 0. The second-order valence-corrected chi connectivity index (χ2v) is 9.12. The van der Waals surface area contributed by atoms with Crippen molar-refractivity contribution in [2.45, 2.75) is 78.7 Å². The quantitative estimate of drug-likeness (QED) is 0.402. The molecule has 8 heteroatoms. The number of fused-ring (bicyclic) bond motifs is 3. The average molecular weight is 456 g/mol. The van der Waals surface area contributed by atoms with Gasteiger partial charge in [0.2, 0.25) is 5.78 Å². The monoisotopic (exact) mass is 455 g/mol. The molecule has 0 spiro atoms. The number of unbranched alkanes of at least 4 members (excludes halogenated alkanes) is 5. The number of aromatic nitrogens is 4. The first-order valence-corrected chi connectivity index (χ1v) is 12.2. The summed E-state index contributed by atoms with van der Waals surface area (Å²) < 4.78 is 1.72. The van der Waals surface area contributed by atoms with Crippen molar-refractivity contribution < 1.29 is 9.59 Å². The Labute approximate surface area is 194 Å². The lowest BCUT2D eigenvalue weighted by molar-refractivity contribution is -0.145. The largest absolute Gasteiger partial charge is 0.346 e. The number of rotatable bonds is 7. The van der Waals surface area contributed by atoms with E-state index in [4.69, 9.17) is 0 Å².